The van der Waals surface area contributed by atoms with Gasteiger partial charge in [-0.25, -0.2) is 0 Å². The van der Waals surface area contributed by atoms with Gasteiger partial charge in [0, 0.05) is 44.7 Å². The molecule has 2 aliphatic rings. The van der Waals surface area contributed by atoms with E-state index in [2.05, 4.69) is 49.9 Å². The molecule has 0 saturated carbocycles. The maximum absolute atomic E-state index is 5.51. The van der Waals surface area contributed by atoms with Crippen LogP contribution in [0.4, 0.5) is 0 Å². The largest absolute Gasteiger partial charge is 0.381 e. The Morgan fingerprint density at radius 1 is 1.36 bits per heavy atom. The third-order valence-corrected chi connectivity index (χ3v) is 5.38. The molecule has 0 bridgehead atoms. The van der Waals surface area contributed by atoms with Gasteiger partial charge in [-0.1, -0.05) is 6.92 Å². The molecule has 0 amide bonds. The number of nitrogens with zero attached hydrogens (tertiary/aromatic N) is 3. The molecule has 2 fully saturated rings. The molecule has 2 rings (SSSR count). The Hall–Kier alpha value is -0.0800. The second kappa shape index (κ2) is 10.9. The third kappa shape index (κ3) is 7.21. The lowest BCUT2D eigenvalue weighted by molar-refractivity contribution is 0.0773. The Morgan fingerprint density at radius 3 is 2.72 bits per heavy atom. The number of hydrogen-bond donors (Lipinski definition) is 1. The first kappa shape index (κ1) is 23.0. The van der Waals surface area contributed by atoms with Crippen molar-refractivity contribution in [3.05, 3.63) is 0 Å². The van der Waals surface area contributed by atoms with E-state index in [0.29, 0.717) is 5.92 Å². The predicted molar refractivity (Wildman–Crippen MR) is 117 cm³/mol. The fourth-order valence-corrected chi connectivity index (χ4v) is 3.78. The zero-order chi connectivity index (χ0) is 17.6. The standard InChI is InChI=1S/C19H38N4O.HI/c1-6-20-18(22(5)13-17-9-11-24-14-17)21-15-19(3,4)23-10-7-8-16(2)12-23;/h16-17H,6-15H2,1-5H3,(H,20,21);1H. The van der Waals surface area contributed by atoms with E-state index in [0.717, 1.165) is 44.7 Å². The van der Waals surface area contributed by atoms with Gasteiger partial charge in [0.1, 0.15) is 0 Å². The van der Waals surface area contributed by atoms with Crippen molar-refractivity contribution in [2.75, 3.05) is 53.0 Å². The fourth-order valence-electron chi connectivity index (χ4n) is 3.78. The van der Waals surface area contributed by atoms with Crippen LogP contribution in [0.25, 0.3) is 0 Å². The smallest absolute Gasteiger partial charge is 0.193 e. The van der Waals surface area contributed by atoms with Gasteiger partial charge in [-0.05, 0) is 52.5 Å². The van der Waals surface area contributed by atoms with E-state index in [1.54, 1.807) is 0 Å². The molecular weight excluding hydrogens is 427 g/mol. The number of halogens is 1. The third-order valence-electron chi connectivity index (χ3n) is 5.38. The molecule has 6 heteroatoms. The maximum Gasteiger partial charge on any atom is 0.193 e. The molecule has 2 atom stereocenters. The van der Waals surface area contributed by atoms with E-state index in [1.165, 1.54) is 32.4 Å². The summed E-state index contributed by atoms with van der Waals surface area (Å²) in [4.78, 5) is 9.88. The summed E-state index contributed by atoms with van der Waals surface area (Å²) in [5.41, 5.74) is 0.118. The minimum Gasteiger partial charge on any atom is -0.381 e. The average Bonchev–Trinajstić information content (AvgIpc) is 3.04. The van der Waals surface area contributed by atoms with Crippen LogP contribution in [0.2, 0.25) is 0 Å². The van der Waals surface area contributed by atoms with Crippen LogP contribution in [0, 0.1) is 11.8 Å². The van der Waals surface area contributed by atoms with E-state index in [-0.39, 0.29) is 29.5 Å². The van der Waals surface area contributed by atoms with Crippen molar-refractivity contribution in [2.24, 2.45) is 16.8 Å². The van der Waals surface area contributed by atoms with Crippen molar-refractivity contribution < 1.29 is 4.74 Å². The quantitative estimate of drug-likeness (QED) is 0.371. The van der Waals surface area contributed by atoms with E-state index in [1.807, 2.05) is 0 Å². The molecule has 1 N–H and O–H groups in total. The summed E-state index contributed by atoms with van der Waals surface area (Å²) in [7, 11) is 2.15. The first-order valence-corrected chi connectivity index (χ1v) is 9.74. The molecule has 25 heavy (non-hydrogen) atoms. The number of piperidine rings is 1. The molecule has 0 radical (unpaired) electrons. The Labute approximate surface area is 172 Å². The summed E-state index contributed by atoms with van der Waals surface area (Å²) in [6.07, 6.45) is 3.85. The molecular formula is C19H39IN4O. The molecule has 0 aromatic carbocycles. The first-order valence-electron chi connectivity index (χ1n) is 9.74. The lowest BCUT2D eigenvalue weighted by Gasteiger charge is -2.42. The molecule has 2 heterocycles. The topological polar surface area (TPSA) is 40.1 Å². The maximum atomic E-state index is 5.51. The fraction of sp³-hybridized carbons (Fsp3) is 0.947. The Balaban J connectivity index is 0.00000312. The van der Waals surface area contributed by atoms with Crippen molar-refractivity contribution in [1.82, 2.24) is 15.1 Å². The van der Waals surface area contributed by atoms with Crippen LogP contribution in [0.5, 0.6) is 0 Å². The van der Waals surface area contributed by atoms with Gasteiger partial charge in [-0.2, -0.15) is 0 Å². The Kier molecular flexibility index (Phi) is 10.0. The second-order valence-electron chi connectivity index (χ2n) is 8.29. The molecule has 0 aromatic rings. The highest BCUT2D eigenvalue weighted by Gasteiger charge is 2.30. The summed E-state index contributed by atoms with van der Waals surface area (Å²) in [6.45, 7) is 16.2. The van der Waals surface area contributed by atoms with Gasteiger partial charge < -0.3 is 15.0 Å². The van der Waals surface area contributed by atoms with Crippen LogP contribution in [-0.4, -0.2) is 74.3 Å². The Morgan fingerprint density at radius 2 is 2.12 bits per heavy atom. The minimum atomic E-state index is 0. The van der Waals surface area contributed by atoms with Gasteiger partial charge in [0.15, 0.2) is 5.96 Å². The van der Waals surface area contributed by atoms with Crippen molar-refractivity contribution in [1.29, 1.82) is 0 Å². The molecule has 0 spiro atoms. The summed E-state index contributed by atoms with van der Waals surface area (Å²) >= 11 is 0. The van der Waals surface area contributed by atoms with Crippen LogP contribution < -0.4 is 5.32 Å². The predicted octanol–water partition coefficient (Wildman–Crippen LogP) is 3.05. The van der Waals surface area contributed by atoms with Crippen LogP contribution in [0.3, 0.4) is 0 Å². The number of guanidine groups is 1. The van der Waals surface area contributed by atoms with Gasteiger partial charge >= 0.3 is 0 Å². The first-order chi connectivity index (χ1) is 11.4. The van der Waals surface area contributed by atoms with Crippen molar-refractivity contribution >= 4 is 29.9 Å². The van der Waals surface area contributed by atoms with Gasteiger partial charge in [-0.3, -0.25) is 9.89 Å². The highest BCUT2D eigenvalue weighted by Crippen LogP contribution is 2.24. The highest BCUT2D eigenvalue weighted by molar-refractivity contribution is 14.0. The monoisotopic (exact) mass is 466 g/mol. The SMILES string of the molecule is CCNC(=NCC(C)(C)N1CCCC(C)C1)N(C)CC1CCOC1.I. The molecule has 2 saturated heterocycles. The minimum absolute atomic E-state index is 0. The Bertz CT molecular complexity index is 410. The number of likely N-dealkylation sites (tertiary alicyclic amines) is 1. The normalized spacial score (nSPS) is 25.6. The summed E-state index contributed by atoms with van der Waals surface area (Å²) in [5.74, 6) is 2.47. The van der Waals surface area contributed by atoms with Crippen molar-refractivity contribution in [3.63, 3.8) is 0 Å². The number of ether oxygens (including phenoxy) is 1. The number of rotatable bonds is 6. The molecule has 0 aliphatic carbocycles. The molecule has 2 aliphatic heterocycles. The van der Waals surface area contributed by atoms with Crippen molar-refractivity contribution in [3.8, 4) is 0 Å². The lowest BCUT2D eigenvalue weighted by Crippen LogP contribution is -2.51. The van der Waals surface area contributed by atoms with E-state index < -0.39 is 0 Å². The van der Waals surface area contributed by atoms with E-state index >= 15 is 0 Å². The summed E-state index contributed by atoms with van der Waals surface area (Å²) in [6, 6.07) is 0. The number of nitrogens with one attached hydrogen (secondary N) is 1. The van der Waals surface area contributed by atoms with E-state index in [4.69, 9.17) is 9.73 Å². The number of aliphatic imine (C=N–C) groups is 1. The van der Waals surface area contributed by atoms with Crippen LogP contribution in [-0.2, 0) is 4.74 Å². The van der Waals surface area contributed by atoms with Gasteiger partial charge in [-0.15, -0.1) is 24.0 Å². The van der Waals surface area contributed by atoms with E-state index in [9.17, 15) is 0 Å². The molecule has 148 valence electrons. The van der Waals surface area contributed by atoms with Crippen LogP contribution in [0.15, 0.2) is 4.99 Å². The van der Waals surface area contributed by atoms with Gasteiger partial charge in [0.25, 0.3) is 0 Å². The van der Waals surface area contributed by atoms with Crippen molar-refractivity contribution in [2.45, 2.75) is 52.5 Å². The van der Waals surface area contributed by atoms with Gasteiger partial charge in [0.2, 0.25) is 0 Å². The zero-order valence-electron chi connectivity index (χ0n) is 16.9. The zero-order valence-corrected chi connectivity index (χ0v) is 19.2. The average molecular weight is 466 g/mol. The highest BCUT2D eigenvalue weighted by atomic mass is 127. The number of hydrogen-bond acceptors (Lipinski definition) is 3. The molecule has 0 aromatic heterocycles. The molecule has 2 unspecified atom stereocenters. The summed E-state index contributed by atoms with van der Waals surface area (Å²) < 4.78 is 5.51. The van der Waals surface area contributed by atoms with Crippen LogP contribution >= 0.6 is 24.0 Å². The lowest BCUT2D eigenvalue weighted by atomic mass is 9.94. The summed E-state index contributed by atoms with van der Waals surface area (Å²) in [5, 5.41) is 3.46. The van der Waals surface area contributed by atoms with Gasteiger partial charge in [0.05, 0.1) is 13.2 Å². The second-order valence-corrected chi connectivity index (χ2v) is 8.29. The van der Waals surface area contributed by atoms with Crippen LogP contribution in [0.1, 0.15) is 47.0 Å². The molecule has 5 nitrogen and oxygen atoms in total.